The van der Waals surface area contributed by atoms with Crippen LogP contribution >= 0.6 is 11.6 Å². The zero-order valence-corrected chi connectivity index (χ0v) is 42.7. The van der Waals surface area contributed by atoms with E-state index in [1.54, 1.807) is 38.4 Å². The van der Waals surface area contributed by atoms with Gasteiger partial charge in [-0.15, -0.1) is 11.6 Å². The van der Waals surface area contributed by atoms with Crippen molar-refractivity contribution >= 4 is 56.7 Å². The number of rotatable bonds is 13. The first-order valence-electron chi connectivity index (χ1n) is 22.6. The Hall–Kier alpha value is -6.52. The molecule has 2 N–H and O–H groups in total. The number of hydrogen-bond donors (Lipinski definition) is 2. The smallest absolute Gasteiger partial charge is 0.410 e. The molecule has 0 unspecified atom stereocenters. The summed E-state index contributed by atoms with van der Waals surface area (Å²) in [6.07, 6.45) is 1.74. The molecule has 3 aromatic heterocycles. The number of halogens is 1. The standard InChI is InChI=1S/C19H25NO5.C14H17NO3.C10H8O3.C9H18ClNO2/c1-13-11-17(21)24-16-12-14(7-8-15(13)16)23-10-6-9-20(5)18(22)25-19(2,3)4;1-10-8-14(16)18-13-9-11(4-5-12(10)13)17-7-3-6-15-2;1-6-4-10(12)13-9-5-7(11)2-3-8(6)9;1-9(2,3)13-8(12)11(4)7-5-6-10/h7-8,11-12H,6,9-10H2,1-5H3;4-5,8-9,15H,3,6-7H2,1-2H3;2-5,11H,1H3;5-7H2,1-4H3. The van der Waals surface area contributed by atoms with E-state index in [2.05, 4.69) is 5.32 Å². The molecule has 16 nitrogen and oxygen atoms in total. The average molecular weight is 979 g/mol. The van der Waals surface area contributed by atoms with Gasteiger partial charge in [-0.3, -0.25) is 0 Å². The van der Waals surface area contributed by atoms with Crippen molar-refractivity contribution in [3.8, 4) is 17.2 Å². The second kappa shape index (κ2) is 26.9. The highest BCUT2D eigenvalue weighted by molar-refractivity contribution is 6.17. The van der Waals surface area contributed by atoms with Crippen molar-refractivity contribution in [1.82, 2.24) is 15.1 Å². The Morgan fingerprint density at radius 3 is 1.36 bits per heavy atom. The molecule has 0 radical (unpaired) electrons. The zero-order chi connectivity index (χ0) is 51.5. The number of alkyl halides is 1. The summed E-state index contributed by atoms with van der Waals surface area (Å²) in [5.41, 5.74) is 2.13. The first-order valence-corrected chi connectivity index (χ1v) is 23.1. The minimum Gasteiger partial charge on any atom is -0.508 e. The van der Waals surface area contributed by atoms with Crippen molar-refractivity contribution in [3.05, 3.63) is 121 Å². The Labute approximate surface area is 408 Å². The molecule has 3 heterocycles. The van der Waals surface area contributed by atoms with E-state index in [9.17, 15) is 24.0 Å². The molecule has 69 heavy (non-hydrogen) atoms. The van der Waals surface area contributed by atoms with E-state index in [0.717, 1.165) is 58.0 Å². The molecule has 0 aliphatic heterocycles. The van der Waals surface area contributed by atoms with Gasteiger partial charge in [-0.05, 0) is 148 Å². The Morgan fingerprint density at radius 1 is 0.594 bits per heavy atom. The van der Waals surface area contributed by atoms with E-state index in [-0.39, 0.29) is 29.2 Å². The third-order valence-corrected chi connectivity index (χ3v) is 9.83. The third-order valence-electron chi connectivity index (χ3n) is 9.56. The van der Waals surface area contributed by atoms with Crippen molar-refractivity contribution in [3.63, 3.8) is 0 Å². The average Bonchev–Trinajstić information content (AvgIpc) is 3.24. The number of nitrogens with zero attached hydrogens (tertiary/aromatic N) is 2. The van der Waals surface area contributed by atoms with E-state index in [1.807, 2.05) is 93.6 Å². The predicted octanol–water partition coefficient (Wildman–Crippen LogP) is 10.1. The Kier molecular flexibility index (Phi) is 22.1. The van der Waals surface area contributed by atoms with Crippen LogP contribution in [0.25, 0.3) is 32.9 Å². The lowest BCUT2D eigenvalue weighted by Gasteiger charge is -2.24. The number of amides is 2. The van der Waals surface area contributed by atoms with E-state index < -0.39 is 16.8 Å². The molecule has 0 saturated heterocycles. The summed E-state index contributed by atoms with van der Waals surface area (Å²) < 4.78 is 37.0. The molecule has 376 valence electrons. The first kappa shape index (κ1) is 56.8. The molecule has 3 aromatic carbocycles. The van der Waals surface area contributed by atoms with Gasteiger partial charge >= 0.3 is 29.1 Å². The summed E-state index contributed by atoms with van der Waals surface area (Å²) in [5, 5.41) is 14.9. The lowest BCUT2D eigenvalue weighted by Crippen LogP contribution is -2.35. The number of carbonyl (C=O) groups is 2. The number of hydrogen-bond acceptors (Lipinski definition) is 14. The lowest BCUT2D eigenvalue weighted by molar-refractivity contribution is 0.0284. The van der Waals surface area contributed by atoms with Gasteiger partial charge in [-0.25, -0.2) is 24.0 Å². The number of aromatic hydroxyl groups is 1. The number of carbonyl (C=O) groups excluding carboxylic acids is 2. The van der Waals surface area contributed by atoms with Crippen LogP contribution in [0.3, 0.4) is 0 Å². The van der Waals surface area contributed by atoms with Gasteiger partial charge in [0.05, 0.1) is 13.2 Å². The summed E-state index contributed by atoms with van der Waals surface area (Å²) >= 11 is 5.50. The highest BCUT2D eigenvalue weighted by atomic mass is 35.5. The molecule has 0 saturated carbocycles. The predicted molar refractivity (Wildman–Crippen MR) is 271 cm³/mol. The molecule has 17 heteroatoms. The maximum atomic E-state index is 11.9. The minimum atomic E-state index is -0.505. The fourth-order valence-electron chi connectivity index (χ4n) is 6.19. The summed E-state index contributed by atoms with van der Waals surface area (Å²) in [6.45, 7) is 19.8. The van der Waals surface area contributed by atoms with Gasteiger partial charge in [0.2, 0.25) is 0 Å². The van der Waals surface area contributed by atoms with Crippen LogP contribution in [0.15, 0.2) is 100 Å². The minimum absolute atomic E-state index is 0.0984. The molecule has 0 fully saturated rings. The Bertz CT molecular complexity index is 2790. The van der Waals surface area contributed by atoms with E-state index >= 15 is 0 Å². The zero-order valence-electron chi connectivity index (χ0n) is 41.9. The van der Waals surface area contributed by atoms with Gasteiger partial charge in [-0.2, -0.15) is 0 Å². The summed E-state index contributed by atoms with van der Waals surface area (Å²) in [7, 11) is 5.32. The van der Waals surface area contributed by atoms with E-state index in [4.69, 9.17) is 48.9 Å². The molecule has 6 aromatic rings. The number of phenols is 1. The molecule has 0 atom stereocenters. The van der Waals surface area contributed by atoms with Gasteiger partial charge < -0.3 is 52.4 Å². The fraction of sp³-hybridized carbons (Fsp3) is 0.442. The summed E-state index contributed by atoms with van der Waals surface area (Å²) in [4.78, 5) is 60.0. The monoisotopic (exact) mass is 977 g/mol. The number of benzene rings is 3. The molecule has 6 rings (SSSR count). The Morgan fingerprint density at radius 2 is 0.971 bits per heavy atom. The number of nitrogens with one attached hydrogen (secondary N) is 1. The van der Waals surface area contributed by atoms with Crippen LogP contribution in [0.5, 0.6) is 17.2 Å². The van der Waals surface area contributed by atoms with Gasteiger partial charge in [0, 0.05) is 85.6 Å². The van der Waals surface area contributed by atoms with Crippen molar-refractivity contribution in [2.45, 2.75) is 92.8 Å². The van der Waals surface area contributed by atoms with Crippen molar-refractivity contribution in [2.24, 2.45) is 0 Å². The molecular weight excluding hydrogens is 910 g/mol. The van der Waals surface area contributed by atoms with Crippen LogP contribution in [0, 0.1) is 20.8 Å². The molecule has 0 spiro atoms. The molecule has 0 aliphatic rings. The van der Waals surface area contributed by atoms with Crippen LogP contribution in [0.4, 0.5) is 9.59 Å². The number of fused-ring (bicyclic) bond motifs is 3. The van der Waals surface area contributed by atoms with E-state index in [1.165, 1.54) is 34.1 Å². The van der Waals surface area contributed by atoms with Crippen molar-refractivity contribution < 1.29 is 46.9 Å². The van der Waals surface area contributed by atoms with Gasteiger partial charge in [0.15, 0.2) is 0 Å². The highest BCUT2D eigenvalue weighted by Crippen LogP contribution is 2.24. The van der Waals surface area contributed by atoms with Crippen LogP contribution in [-0.4, -0.2) is 98.2 Å². The van der Waals surface area contributed by atoms with Gasteiger partial charge in [0.25, 0.3) is 0 Å². The highest BCUT2D eigenvalue weighted by Gasteiger charge is 2.20. The third kappa shape index (κ3) is 20.3. The van der Waals surface area contributed by atoms with Crippen LogP contribution in [0.1, 0.15) is 77.5 Å². The summed E-state index contributed by atoms with van der Waals surface area (Å²) in [6, 6.07) is 20.1. The lowest BCUT2D eigenvalue weighted by atomic mass is 10.1. The van der Waals surface area contributed by atoms with Crippen molar-refractivity contribution in [2.75, 3.05) is 59.9 Å². The number of phenolic OH excluding ortho intramolecular Hbond substituents is 1. The van der Waals surface area contributed by atoms with Gasteiger partial charge in [-0.1, -0.05) is 0 Å². The maximum absolute atomic E-state index is 11.9. The van der Waals surface area contributed by atoms with E-state index in [0.29, 0.717) is 61.1 Å². The second-order valence-corrected chi connectivity index (χ2v) is 18.5. The van der Waals surface area contributed by atoms with Crippen LogP contribution in [0.2, 0.25) is 0 Å². The molecule has 2 amide bonds. The summed E-state index contributed by atoms with van der Waals surface area (Å²) in [5.74, 6) is 2.02. The topological polar surface area (TPSA) is 200 Å². The van der Waals surface area contributed by atoms with Crippen LogP contribution < -0.4 is 31.7 Å². The largest absolute Gasteiger partial charge is 0.508 e. The number of ether oxygens (including phenoxy) is 4. The SMILES string of the molecule is CN(CCCCl)C(=O)OC(C)(C)C.CNCCCOc1ccc2c(C)cc(=O)oc2c1.Cc1cc(=O)oc2cc(O)ccc12.Cc1cc(=O)oc2cc(OCCCN(C)C(=O)OC(C)(C)C)ccc12. The molecular formula is C52H68ClN3O13. The normalized spacial score (nSPS) is 11.0. The Balaban J connectivity index is 0.000000253. The van der Waals surface area contributed by atoms with Gasteiger partial charge in [0.1, 0.15) is 45.2 Å². The molecule has 0 aliphatic carbocycles. The van der Waals surface area contributed by atoms with Crippen molar-refractivity contribution in [1.29, 1.82) is 0 Å². The second-order valence-electron chi connectivity index (χ2n) is 18.1. The van der Waals surface area contributed by atoms with Crippen LogP contribution in [-0.2, 0) is 9.47 Å². The fourth-order valence-corrected chi connectivity index (χ4v) is 6.31. The number of aryl methyl sites for hydroxylation is 3. The maximum Gasteiger partial charge on any atom is 0.410 e. The quantitative estimate of drug-likeness (QED) is 0.0629. The first-order chi connectivity index (χ1) is 32.4. The molecule has 0 bridgehead atoms.